The first kappa shape index (κ1) is 16.2. The maximum atomic E-state index is 12.6. The van der Waals surface area contributed by atoms with Gasteiger partial charge in [-0.05, 0) is 37.1 Å². The van der Waals surface area contributed by atoms with Crippen molar-refractivity contribution in [2.24, 2.45) is 5.92 Å². The Morgan fingerprint density at radius 2 is 2.00 bits per heavy atom. The summed E-state index contributed by atoms with van der Waals surface area (Å²) in [5.41, 5.74) is 2.35. The van der Waals surface area contributed by atoms with Crippen molar-refractivity contribution in [1.29, 1.82) is 0 Å². The molecule has 1 aliphatic heterocycles. The number of para-hydroxylation sites is 1. The maximum Gasteiger partial charge on any atom is 0.224 e. The van der Waals surface area contributed by atoms with Gasteiger partial charge < -0.3 is 19.4 Å². The number of rotatable bonds is 5. The van der Waals surface area contributed by atoms with Gasteiger partial charge in [-0.15, -0.1) is 0 Å². The van der Waals surface area contributed by atoms with Gasteiger partial charge in [-0.2, -0.15) is 0 Å². The number of ether oxygens (including phenoxy) is 1. The fourth-order valence-corrected chi connectivity index (χ4v) is 3.65. The van der Waals surface area contributed by atoms with E-state index in [1.54, 1.807) is 6.26 Å². The second-order valence-corrected chi connectivity index (χ2v) is 6.85. The van der Waals surface area contributed by atoms with Crippen molar-refractivity contribution in [3.05, 3.63) is 54.0 Å². The normalized spacial score (nSPS) is 24.0. The standard InChI is InChI=1S/C20H24N2O3/c1-14(21-20(23)17-13-16(17)19-7-4-10-25-19)15-5-2-3-6-18(15)22-8-11-24-12-9-22/h2-7,10,14,16-17H,8-9,11-13H2,1H3,(H,21,23)/t14-,16-,17-/m0/s1. The number of anilines is 1. The average molecular weight is 340 g/mol. The van der Waals surface area contributed by atoms with E-state index in [2.05, 4.69) is 35.3 Å². The number of morpholine rings is 1. The lowest BCUT2D eigenvalue weighted by Gasteiger charge is -2.32. The van der Waals surface area contributed by atoms with Crippen molar-refractivity contribution < 1.29 is 13.9 Å². The average Bonchev–Trinajstić information content (AvgIpc) is 3.28. The number of nitrogens with one attached hydrogen (secondary N) is 1. The van der Waals surface area contributed by atoms with Gasteiger partial charge in [-0.1, -0.05) is 18.2 Å². The highest BCUT2D eigenvalue weighted by molar-refractivity contribution is 5.83. The quantitative estimate of drug-likeness (QED) is 0.909. The molecule has 0 bridgehead atoms. The molecule has 5 nitrogen and oxygen atoms in total. The van der Waals surface area contributed by atoms with E-state index in [1.807, 2.05) is 18.2 Å². The third kappa shape index (κ3) is 3.42. The molecule has 1 aromatic heterocycles. The van der Waals surface area contributed by atoms with Crippen molar-refractivity contribution in [3.8, 4) is 0 Å². The van der Waals surface area contributed by atoms with Crippen LogP contribution in [0.5, 0.6) is 0 Å². The van der Waals surface area contributed by atoms with Crippen LogP contribution < -0.4 is 10.2 Å². The number of hydrogen-bond donors (Lipinski definition) is 1. The Kier molecular flexibility index (Phi) is 4.49. The van der Waals surface area contributed by atoms with Gasteiger partial charge in [-0.3, -0.25) is 4.79 Å². The second-order valence-electron chi connectivity index (χ2n) is 6.85. The van der Waals surface area contributed by atoms with Gasteiger partial charge in [-0.25, -0.2) is 0 Å². The monoisotopic (exact) mass is 340 g/mol. The molecule has 3 atom stereocenters. The number of furan rings is 1. The molecule has 1 saturated heterocycles. The van der Waals surface area contributed by atoms with Crippen molar-refractivity contribution in [1.82, 2.24) is 5.32 Å². The molecule has 0 unspecified atom stereocenters. The summed E-state index contributed by atoms with van der Waals surface area (Å²) < 4.78 is 10.9. The minimum absolute atomic E-state index is 0.0237. The van der Waals surface area contributed by atoms with Crippen LogP contribution in [0.1, 0.15) is 36.6 Å². The molecular weight excluding hydrogens is 316 g/mol. The van der Waals surface area contributed by atoms with Crippen molar-refractivity contribution in [2.75, 3.05) is 31.2 Å². The number of hydrogen-bond acceptors (Lipinski definition) is 4. The topological polar surface area (TPSA) is 54.7 Å². The van der Waals surface area contributed by atoms with Gasteiger partial charge in [0.2, 0.25) is 5.91 Å². The van der Waals surface area contributed by atoms with Gasteiger partial charge >= 0.3 is 0 Å². The number of benzene rings is 1. The Morgan fingerprint density at radius 1 is 1.20 bits per heavy atom. The lowest BCUT2D eigenvalue weighted by atomic mass is 10.0. The Bertz CT molecular complexity index is 722. The van der Waals surface area contributed by atoms with Crippen LogP contribution in [0, 0.1) is 5.92 Å². The third-order valence-electron chi connectivity index (χ3n) is 5.15. The molecule has 2 aliphatic rings. The molecule has 1 aromatic carbocycles. The van der Waals surface area contributed by atoms with E-state index in [9.17, 15) is 4.79 Å². The summed E-state index contributed by atoms with van der Waals surface area (Å²) in [7, 11) is 0. The van der Waals surface area contributed by atoms with E-state index in [4.69, 9.17) is 9.15 Å². The highest BCUT2D eigenvalue weighted by Crippen LogP contribution is 2.48. The van der Waals surface area contributed by atoms with Gasteiger partial charge in [0.1, 0.15) is 5.76 Å². The molecule has 132 valence electrons. The molecular formula is C20H24N2O3. The molecule has 2 fully saturated rings. The van der Waals surface area contributed by atoms with Crippen molar-refractivity contribution in [2.45, 2.75) is 25.3 Å². The van der Waals surface area contributed by atoms with Gasteiger partial charge in [0, 0.05) is 30.6 Å². The van der Waals surface area contributed by atoms with Crippen LogP contribution in [0.4, 0.5) is 5.69 Å². The van der Waals surface area contributed by atoms with Crippen LogP contribution in [-0.4, -0.2) is 32.2 Å². The minimum Gasteiger partial charge on any atom is -0.469 e. The van der Waals surface area contributed by atoms with E-state index in [0.717, 1.165) is 44.0 Å². The fourth-order valence-electron chi connectivity index (χ4n) is 3.65. The zero-order valence-corrected chi connectivity index (χ0v) is 14.5. The number of amides is 1. The molecule has 1 saturated carbocycles. The largest absolute Gasteiger partial charge is 0.469 e. The summed E-state index contributed by atoms with van der Waals surface area (Å²) in [5, 5.41) is 3.19. The third-order valence-corrected chi connectivity index (χ3v) is 5.15. The highest BCUT2D eigenvalue weighted by Gasteiger charge is 2.46. The molecule has 1 aliphatic carbocycles. The first-order chi connectivity index (χ1) is 12.2. The molecule has 2 heterocycles. The molecule has 2 aromatic rings. The number of nitrogens with zero attached hydrogens (tertiary/aromatic N) is 1. The zero-order valence-electron chi connectivity index (χ0n) is 14.5. The zero-order chi connectivity index (χ0) is 17.2. The number of carbonyl (C=O) groups is 1. The van der Waals surface area contributed by atoms with E-state index in [0.29, 0.717) is 0 Å². The molecule has 4 rings (SSSR count). The lowest BCUT2D eigenvalue weighted by Crippen LogP contribution is -2.37. The SMILES string of the molecule is C[C@H](NC(=O)[C@H]1C[C@@H]1c1ccco1)c1ccccc1N1CCOCC1. The summed E-state index contributed by atoms with van der Waals surface area (Å²) >= 11 is 0. The summed E-state index contributed by atoms with van der Waals surface area (Å²) in [4.78, 5) is 14.9. The van der Waals surface area contributed by atoms with Gasteiger partial charge in [0.05, 0.1) is 25.5 Å². The van der Waals surface area contributed by atoms with Crippen LogP contribution in [0.25, 0.3) is 0 Å². The first-order valence-electron chi connectivity index (χ1n) is 8.99. The smallest absolute Gasteiger partial charge is 0.224 e. The Labute approximate surface area is 148 Å². The van der Waals surface area contributed by atoms with Crippen LogP contribution in [0.3, 0.4) is 0 Å². The van der Waals surface area contributed by atoms with Crippen LogP contribution in [-0.2, 0) is 9.53 Å². The minimum atomic E-state index is -0.0237. The molecule has 25 heavy (non-hydrogen) atoms. The van der Waals surface area contributed by atoms with E-state index < -0.39 is 0 Å². The van der Waals surface area contributed by atoms with Crippen LogP contribution >= 0.6 is 0 Å². The Hall–Kier alpha value is -2.27. The second kappa shape index (κ2) is 6.92. The molecule has 1 N–H and O–H groups in total. The van der Waals surface area contributed by atoms with E-state index >= 15 is 0 Å². The molecule has 1 amide bonds. The van der Waals surface area contributed by atoms with Crippen molar-refractivity contribution in [3.63, 3.8) is 0 Å². The van der Waals surface area contributed by atoms with Gasteiger partial charge in [0.25, 0.3) is 0 Å². The molecule has 0 spiro atoms. The maximum absolute atomic E-state index is 12.6. The van der Waals surface area contributed by atoms with Gasteiger partial charge in [0.15, 0.2) is 0 Å². The predicted octanol–water partition coefficient (Wildman–Crippen LogP) is 3.10. The fraction of sp³-hybridized carbons (Fsp3) is 0.450. The van der Waals surface area contributed by atoms with E-state index in [1.165, 1.54) is 5.69 Å². The summed E-state index contributed by atoms with van der Waals surface area (Å²) in [6.07, 6.45) is 2.54. The summed E-state index contributed by atoms with van der Waals surface area (Å²) in [6, 6.07) is 12.1. The van der Waals surface area contributed by atoms with Crippen LogP contribution in [0.15, 0.2) is 47.1 Å². The number of carbonyl (C=O) groups excluding carboxylic acids is 1. The Morgan fingerprint density at radius 3 is 2.76 bits per heavy atom. The molecule has 0 radical (unpaired) electrons. The first-order valence-corrected chi connectivity index (χ1v) is 8.99. The summed E-state index contributed by atoms with van der Waals surface area (Å²) in [6.45, 7) is 5.34. The van der Waals surface area contributed by atoms with E-state index in [-0.39, 0.29) is 23.8 Å². The van der Waals surface area contributed by atoms with Crippen molar-refractivity contribution >= 4 is 11.6 Å². The summed E-state index contributed by atoms with van der Waals surface area (Å²) in [5.74, 6) is 1.30. The Balaban J connectivity index is 1.43. The highest BCUT2D eigenvalue weighted by atomic mass is 16.5. The predicted molar refractivity (Wildman–Crippen MR) is 95.6 cm³/mol. The molecule has 5 heteroatoms. The van der Waals surface area contributed by atoms with Crippen LogP contribution in [0.2, 0.25) is 0 Å². The lowest BCUT2D eigenvalue weighted by molar-refractivity contribution is -0.123.